The fourth-order valence-corrected chi connectivity index (χ4v) is 6.09. The van der Waals surface area contributed by atoms with E-state index in [0.29, 0.717) is 29.7 Å². The van der Waals surface area contributed by atoms with Gasteiger partial charge in [0.05, 0.1) is 34.5 Å². The third-order valence-corrected chi connectivity index (χ3v) is 8.37. The van der Waals surface area contributed by atoms with Crippen LogP contribution in [-0.2, 0) is 14.8 Å². The molecule has 2 aromatic carbocycles. The number of carbonyl (C=O) groups excluding carboxylic acids is 1. The number of fused-ring (bicyclic) bond motifs is 1. The van der Waals surface area contributed by atoms with Crippen LogP contribution in [0.25, 0.3) is 11.0 Å². The number of thioether (sulfide) groups is 1. The molecule has 176 valence electrons. The van der Waals surface area contributed by atoms with Crippen molar-refractivity contribution in [3.05, 3.63) is 42.0 Å². The fraction of sp³-hybridized carbons (Fsp3) is 0.391. The number of nitrogens with one attached hydrogen (secondary N) is 2. The van der Waals surface area contributed by atoms with E-state index in [0.717, 1.165) is 42.3 Å². The van der Waals surface area contributed by atoms with Gasteiger partial charge in [0.25, 0.3) is 0 Å². The van der Waals surface area contributed by atoms with E-state index in [1.165, 1.54) is 35.3 Å². The van der Waals surface area contributed by atoms with Crippen LogP contribution in [-0.4, -0.2) is 54.6 Å². The molecule has 10 heteroatoms. The maximum absolute atomic E-state index is 13.2. The fourth-order valence-electron chi connectivity index (χ4n) is 3.86. The van der Waals surface area contributed by atoms with Gasteiger partial charge in [-0.05, 0) is 55.7 Å². The van der Waals surface area contributed by atoms with E-state index in [9.17, 15) is 13.2 Å². The van der Waals surface area contributed by atoms with Gasteiger partial charge in [-0.1, -0.05) is 30.7 Å². The van der Waals surface area contributed by atoms with Crippen LogP contribution < -0.4 is 10.1 Å². The maximum Gasteiger partial charge on any atom is 0.243 e. The van der Waals surface area contributed by atoms with Gasteiger partial charge in [0.1, 0.15) is 5.75 Å². The van der Waals surface area contributed by atoms with E-state index in [1.807, 2.05) is 25.1 Å². The lowest BCUT2D eigenvalue weighted by Gasteiger charge is -2.21. The summed E-state index contributed by atoms with van der Waals surface area (Å²) in [7, 11) is -2.15. The minimum atomic E-state index is -3.64. The molecule has 3 aromatic rings. The predicted octanol–water partition coefficient (Wildman–Crippen LogP) is 4.18. The van der Waals surface area contributed by atoms with Gasteiger partial charge in [-0.2, -0.15) is 4.31 Å². The molecule has 33 heavy (non-hydrogen) atoms. The number of ether oxygens (including phenoxy) is 1. The van der Waals surface area contributed by atoms with Crippen LogP contribution in [0.2, 0.25) is 0 Å². The van der Waals surface area contributed by atoms with Crippen molar-refractivity contribution in [2.75, 3.05) is 31.3 Å². The molecule has 0 saturated carbocycles. The number of nitrogens with zero attached hydrogens (tertiary/aromatic N) is 2. The van der Waals surface area contributed by atoms with Crippen LogP contribution >= 0.6 is 11.8 Å². The van der Waals surface area contributed by atoms with Gasteiger partial charge >= 0.3 is 0 Å². The Balaban J connectivity index is 1.47. The highest BCUT2D eigenvalue weighted by Crippen LogP contribution is 2.30. The molecule has 2 heterocycles. The SMILES string of the molecule is COc1ccc(S(=O)(=O)N2CCCCCC2)cc1NC(=O)CSc1nc2ccc(C)cc2[nH]1. The summed E-state index contributed by atoms with van der Waals surface area (Å²) < 4.78 is 33.2. The summed E-state index contributed by atoms with van der Waals surface area (Å²) in [4.78, 5) is 20.5. The van der Waals surface area contributed by atoms with Gasteiger partial charge in [-0.25, -0.2) is 13.4 Å². The van der Waals surface area contributed by atoms with Gasteiger partial charge in [-0.3, -0.25) is 4.79 Å². The number of H-pyrrole nitrogens is 1. The van der Waals surface area contributed by atoms with Crippen molar-refractivity contribution < 1.29 is 17.9 Å². The summed E-state index contributed by atoms with van der Waals surface area (Å²) in [5.41, 5.74) is 3.23. The summed E-state index contributed by atoms with van der Waals surface area (Å²) >= 11 is 1.28. The van der Waals surface area contributed by atoms with E-state index in [-0.39, 0.29) is 16.6 Å². The molecular weight excluding hydrogens is 460 g/mol. The van der Waals surface area contributed by atoms with Gasteiger partial charge in [-0.15, -0.1) is 0 Å². The molecule has 4 rings (SSSR count). The predicted molar refractivity (Wildman–Crippen MR) is 130 cm³/mol. The first kappa shape index (κ1) is 23.6. The summed E-state index contributed by atoms with van der Waals surface area (Å²) in [5, 5.41) is 3.44. The second-order valence-electron chi connectivity index (χ2n) is 8.08. The van der Waals surface area contributed by atoms with Crippen LogP contribution in [0, 0.1) is 6.92 Å². The van der Waals surface area contributed by atoms with Crippen LogP contribution in [0.3, 0.4) is 0 Å². The number of anilines is 1. The lowest BCUT2D eigenvalue weighted by atomic mass is 10.2. The third-order valence-electron chi connectivity index (χ3n) is 5.60. The summed E-state index contributed by atoms with van der Waals surface area (Å²) in [6.07, 6.45) is 3.80. The Hall–Kier alpha value is -2.56. The summed E-state index contributed by atoms with van der Waals surface area (Å²) in [6, 6.07) is 10.5. The molecule has 0 unspecified atom stereocenters. The Labute approximate surface area is 198 Å². The summed E-state index contributed by atoms with van der Waals surface area (Å²) in [6.45, 7) is 3.04. The molecular formula is C23H28N4O4S2. The van der Waals surface area contributed by atoms with Crippen molar-refractivity contribution in [3.63, 3.8) is 0 Å². The van der Waals surface area contributed by atoms with E-state index >= 15 is 0 Å². The van der Waals surface area contributed by atoms with Gasteiger partial charge in [0, 0.05) is 13.1 Å². The number of amides is 1. The van der Waals surface area contributed by atoms with E-state index in [2.05, 4.69) is 15.3 Å². The van der Waals surface area contributed by atoms with Crippen LogP contribution in [0.1, 0.15) is 31.2 Å². The zero-order valence-electron chi connectivity index (χ0n) is 18.8. The second kappa shape index (κ2) is 10.1. The monoisotopic (exact) mass is 488 g/mol. The molecule has 8 nitrogen and oxygen atoms in total. The highest BCUT2D eigenvalue weighted by Gasteiger charge is 2.26. The van der Waals surface area contributed by atoms with Crippen LogP contribution in [0.5, 0.6) is 5.75 Å². The smallest absolute Gasteiger partial charge is 0.243 e. The number of carbonyl (C=O) groups is 1. The zero-order chi connectivity index (χ0) is 23.4. The lowest BCUT2D eigenvalue weighted by molar-refractivity contribution is -0.113. The van der Waals surface area contributed by atoms with E-state index in [1.54, 1.807) is 6.07 Å². The second-order valence-corrected chi connectivity index (χ2v) is 11.0. The molecule has 1 aliphatic rings. The van der Waals surface area contributed by atoms with E-state index in [4.69, 9.17) is 4.74 Å². The maximum atomic E-state index is 13.2. The Morgan fingerprint density at radius 3 is 2.64 bits per heavy atom. The first-order chi connectivity index (χ1) is 15.9. The Bertz CT molecular complexity index is 1250. The van der Waals surface area contributed by atoms with Crippen LogP contribution in [0.4, 0.5) is 5.69 Å². The van der Waals surface area contributed by atoms with Gasteiger partial charge in [0.15, 0.2) is 5.16 Å². The Kier molecular flexibility index (Phi) is 7.26. The highest BCUT2D eigenvalue weighted by atomic mass is 32.2. The van der Waals surface area contributed by atoms with Crippen LogP contribution in [0.15, 0.2) is 46.5 Å². The minimum absolute atomic E-state index is 0.116. The van der Waals surface area contributed by atoms with Crippen molar-refractivity contribution in [2.24, 2.45) is 0 Å². The molecule has 1 aliphatic heterocycles. The molecule has 0 bridgehead atoms. The third kappa shape index (κ3) is 5.51. The molecule has 0 radical (unpaired) electrons. The first-order valence-corrected chi connectivity index (χ1v) is 13.4. The largest absolute Gasteiger partial charge is 0.495 e. The zero-order valence-corrected chi connectivity index (χ0v) is 20.4. The van der Waals surface area contributed by atoms with Gasteiger partial charge < -0.3 is 15.0 Å². The molecule has 2 N–H and O–H groups in total. The number of aromatic nitrogens is 2. The minimum Gasteiger partial charge on any atom is -0.495 e. The van der Waals surface area contributed by atoms with Crippen molar-refractivity contribution >= 4 is 44.4 Å². The van der Waals surface area contributed by atoms with Crippen molar-refractivity contribution in [1.29, 1.82) is 0 Å². The topological polar surface area (TPSA) is 104 Å². The van der Waals surface area contributed by atoms with Crippen molar-refractivity contribution in [2.45, 2.75) is 42.7 Å². The standard InChI is InChI=1S/C23H28N4O4S2/c1-16-7-9-18-19(13-16)26-23(25-18)32-15-22(28)24-20-14-17(8-10-21(20)31-2)33(29,30)27-11-5-3-4-6-12-27/h7-10,13-14H,3-6,11-12,15H2,1-2H3,(H,24,28)(H,25,26). The lowest BCUT2D eigenvalue weighted by Crippen LogP contribution is -2.32. The van der Waals surface area contributed by atoms with Gasteiger partial charge in [0.2, 0.25) is 15.9 Å². The number of sulfonamides is 1. The number of rotatable bonds is 7. The average molecular weight is 489 g/mol. The van der Waals surface area contributed by atoms with E-state index < -0.39 is 10.0 Å². The molecule has 1 aromatic heterocycles. The number of hydrogen-bond donors (Lipinski definition) is 2. The Morgan fingerprint density at radius 2 is 1.91 bits per heavy atom. The average Bonchev–Trinajstić information content (AvgIpc) is 2.99. The number of imidazole rings is 1. The quantitative estimate of drug-likeness (QED) is 0.484. The summed E-state index contributed by atoms with van der Waals surface area (Å²) in [5.74, 6) is 0.243. The normalized spacial score (nSPS) is 15.3. The highest BCUT2D eigenvalue weighted by molar-refractivity contribution is 7.99. The van der Waals surface area contributed by atoms with Crippen molar-refractivity contribution in [3.8, 4) is 5.75 Å². The number of aromatic amines is 1. The molecule has 1 fully saturated rings. The number of aryl methyl sites for hydroxylation is 1. The number of benzene rings is 2. The molecule has 0 spiro atoms. The number of methoxy groups -OCH3 is 1. The molecule has 1 amide bonds. The number of hydrogen-bond acceptors (Lipinski definition) is 6. The molecule has 1 saturated heterocycles. The molecule has 0 aliphatic carbocycles. The first-order valence-electron chi connectivity index (χ1n) is 10.9. The Morgan fingerprint density at radius 1 is 1.15 bits per heavy atom. The molecule has 0 atom stereocenters. The van der Waals surface area contributed by atoms with Crippen molar-refractivity contribution in [1.82, 2.24) is 14.3 Å².